The Morgan fingerprint density at radius 3 is 2.35 bits per heavy atom. The van der Waals surface area contributed by atoms with Crippen molar-refractivity contribution in [2.24, 2.45) is 0 Å². The van der Waals surface area contributed by atoms with Gasteiger partial charge in [-0.2, -0.15) is 8.78 Å². The summed E-state index contributed by atoms with van der Waals surface area (Å²) in [4.78, 5) is 11.4. The van der Waals surface area contributed by atoms with Gasteiger partial charge >= 0.3 is 13.3 Å². The van der Waals surface area contributed by atoms with Crippen LogP contribution in [0.4, 0.5) is 8.78 Å². The molecule has 0 aliphatic rings. The predicted molar refractivity (Wildman–Crippen MR) is 92.3 cm³/mol. The summed E-state index contributed by atoms with van der Waals surface area (Å²) < 4.78 is 52.9. The lowest BCUT2D eigenvalue weighted by Gasteiger charge is -2.29. The van der Waals surface area contributed by atoms with Crippen molar-refractivity contribution in [3.63, 3.8) is 0 Å². The lowest BCUT2D eigenvalue weighted by atomic mass is 10.2. The van der Waals surface area contributed by atoms with E-state index in [-0.39, 0.29) is 18.0 Å². The standard InChI is InChI=1S/C15H27F2N4O4P/c1-11(2)24-26(23,25-12(3)4)15(16,17)8-6-7-9-21-10-13(19-20-21)14(22)18-5/h10-12H,6-9H2,1-5H3,(H,18,22). The number of unbranched alkanes of at least 4 members (excludes halogenated alkanes) is 1. The maximum Gasteiger partial charge on any atom is 0.400 e. The van der Waals surface area contributed by atoms with E-state index < -0.39 is 31.9 Å². The lowest BCUT2D eigenvalue weighted by molar-refractivity contribution is 0.0121. The average molecular weight is 396 g/mol. The number of carbonyl (C=O) groups is 1. The third-order valence-corrected chi connectivity index (χ3v) is 5.64. The van der Waals surface area contributed by atoms with Gasteiger partial charge in [0.1, 0.15) is 0 Å². The van der Waals surface area contributed by atoms with E-state index in [1.165, 1.54) is 45.6 Å². The Hall–Kier alpha value is -1.38. The Morgan fingerprint density at radius 2 is 1.85 bits per heavy atom. The average Bonchev–Trinajstić information content (AvgIpc) is 2.98. The van der Waals surface area contributed by atoms with Crippen LogP contribution >= 0.6 is 7.60 Å². The van der Waals surface area contributed by atoms with E-state index in [0.29, 0.717) is 13.0 Å². The molecule has 1 aromatic heterocycles. The third kappa shape index (κ3) is 6.41. The van der Waals surface area contributed by atoms with E-state index in [2.05, 4.69) is 15.6 Å². The molecule has 0 unspecified atom stereocenters. The first kappa shape index (κ1) is 22.7. The van der Waals surface area contributed by atoms with Gasteiger partial charge in [-0.1, -0.05) is 5.21 Å². The summed E-state index contributed by atoms with van der Waals surface area (Å²) in [5.41, 5.74) is -3.44. The number of hydrogen-bond donors (Lipinski definition) is 1. The van der Waals surface area contributed by atoms with E-state index in [4.69, 9.17) is 9.05 Å². The van der Waals surface area contributed by atoms with Crippen molar-refractivity contribution in [1.82, 2.24) is 20.3 Å². The summed E-state index contributed by atoms with van der Waals surface area (Å²) in [5.74, 6) is -0.375. The summed E-state index contributed by atoms with van der Waals surface area (Å²) >= 11 is 0. The Labute approximate surface area is 152 Å². The summed E-state index contributed by atoms with van der Waals surface area (Å²) in [6, 6.07) is 0. The molecule has 26 heavy (non-hydrogen) atoms. The fourth-order valence-electron chi connectivity index (χ4n) is 2.12. The molecule has 1 N–H and O–H groups in total. The van der Waals surface area contributed by atoms with Crippen LogP contribution in [0.2, 0.25) is 0 Å². The molecule has 150 valence electrons. The summed E-state index contributed by atoms with van der Waals surface area (Å²) in [5, 5.41) is 9.86. The van der Waals surface area contributed by atoms with Crippen LogP contribution in [0, 0.1) is 0 Å². The molecular formula is C15H27F2N4O4P. The zero-order valence-electron chi connectivity index (χ0n) is 15.7. The second-order valence-electron chi connectivity index (χ2n) is 6.37. The van der Waals surface area contributed by atoms with Crippen molar-refractivity contribution < 1.29 is 27.2 Å². The minimum Gasteiger partial charge on any atom is -0.354 e. The highest BCUT2D eigenvalue weighted by Crippen LogP contribution is 2.65. The van der Waals surface area contributed by atoms with E-state index in [0.717, 1.165) is 0 Å². The fourth-order valence-corrected chi connectivity index (χ4v) is 4.02. The molecule has 1 aromatic rings. The largest absolute Gasteiger partial charge is 0.400 e. The molecule has 0 bridgehead atoms. The normalized spacial score (nSPS) is 12.8. The first-order chi connectivity index (χ1) is 12.0. The zero-order valence-corrected chi connectivity index (χ0v) is 16.6. The molecule has 1 rings (SSSR count). The summed E-state index contributed by atoms with van der Waals surface area (Å²) in [6.07, 6.45) is -0.0795. The quantitative estimate of drug-likeness (QED) is 0.455. The molecule has 0 aliphatic carbocycles. The van der Waals surface area contributed by atoms with Crippen LogP contribution in [0.15, 0.2) is 6.20 Å². The Kier molecular flexibility index (Phi) is 8.30. The zero-order chi connectivity index (χ0) is 20.0. The minimum absolute atomic E-state index is 0.0784. The van der Waals surface area contributed by atoms with Gasteiger partial charge in [-0.3, -0.25) is 14.0 Å². The molecule has 11 heteroatoms. The Balaban J connectivity index is 2.61. The topological polar surface area (TPSA) is 95.3 Å². The van der Waals surface area contributed by atoms with E-state index in [1.807, 2.05) is 0 Å². The van der Waals surface area contributed by atoms with Gasteiger partial charge in [0.15, 0.2) is 5.69 Å². The number of alkyl halides is 2. The van der Waals surface area contributed by atoms with Gasteiger partial charge in [0, 0.05) is 20.0 Å². The third-order valence-electron chi connectivity index (χ3n) is 3.21. The lowest BCUT2D eigenvalue weighted by Crippen LogP contribution is -2.24. The number of carbonyl (C=O) groups excluding carboxylic acids is 1. The highest BCUT2D eigenvalue weighted by molar-refractivity contribution is 7.55. The van der Waals surface area contributed by atoms with Gasteiger partial charge in [0.25, 0.3) is 5.91 Å². The number of hydrogen-bond acceptors (Lipinski definition) is 6. The van der Waals surface area contributed by atoms with Gasteiger partial charge in [-0.25, -0.2) is 0 Å². The molecule has 0 spiro atoms. The monoisotopic (exact) mass is 396 g/mol. The Bertz CT molecular complexity index is 623. The van der Waals surface area contributed by atoms with Crippen molar-refractivity contribution in [1.29, 1.82) is 0 Å². The molecule has 0 radical (unpaired) electrons. The van der Waals surface area contributed by atoms with Crippen LogP contribution in [-0.4, -0.2) is 45.8 Å². The molecule has 1 amide bonds. The molecule has 0 fully saturated rings. The van der Waals surface area contributed by atoms with Gasteiger partial charge in [0.2, 0.25) is 0 Å². The first-order valence-corrected chi connectivity index (χ1v) is 10.0. The minimum atomic E-state index is -4.58. The van der Waals surface area contributed by atoms with E-state index in [9.17, 15) is 18.1 Å². The molecule has 0 aliphatic heterocycles. The van der Waals surface area contributed by atoms with Crippen LogP contribution in [0.1, 0.15) is 57.4 Å². The van der Waals surface area contributed by atoms with Gasteiger partial charge in [-0.15, -0.1) is 5.10 Å². The van der Waals surface area contributed by atoms with Crippen molar-refractivity contribution in [2.75, 3.05) is 7.05 Å². The maximum atomic E-state index is 14.5. The molecular weight excluding hydrogens is 369 g/mol. The van der Waals surface area contributed by atoms with Gasteiger partial charge in [0.05, 0.1) is 18.4 Å². The van der Waals surface area contributed by atoms with Crippen LogP contribution in [0.25, 0.3) is 0 Å². The highest BCUT2D eigenvalue weighted by Gasteiger charge is 2.53. The predicted octanol–water partition coefficient (Wildman–Crippen LogP) is 3.44. The number of aryl methyl sites for hydroxylation is 1. The molecule has 0 aromatic carbocycles. The van der Waals surface area contributed by atoms with Crippen molar-refractivity contribution in [3.05, 3.63) is 11.9 Å². The van der Waals surface area contributed by atoms with Crippen LogP contribution in [-0.2, 0) is 20.2 Å². The number of nitrogens with one attached hydrogen (secondary N) is 1. The maximum absolute atomic E-state index is 14.5. The van der Waals surface area contributed by atoms with E-state index in [1.54, 1.807) is 0 Å². The number of aromatic nitrogens is 3. The van der Waals surface area contributed by atoms with Crippen LogP contribution in [0.3, 0.4) is 0 Å². The summed E-state index contributed by atoms with van der Waals surface area (Å²) in [6.45, 7) is 6.42. The van der Waals surface area contributed by atoms with E-state index >= 15 is 0 Å². The molecule has 0 atom stereocenters. The van der Waals surface area contributed by atoms with Crippen LogP contribution < -0.4 is 5.32 Å². The SMILES string of the molecule is CNC(=O)c1cn(CCCCC(F)(F)P(=O)(OC(C)C)OC(C)C)nn1. The molecule has 0 saturated carbocycles. The van der Waals surface area contributed by atoms with Gasteiger partial charge < -0.3 is 14.4 Å². The second-order valence-corrected chi connectivity index (χ2v) is 8.45. The first-order valence-electron chi connectivity index (χ1n) is 8.47. The highest BCUT2D eigenvalue weighted by atomic mass is 31.2. The Morgan fingerprint density at radius 1 is 1.27 bits per heavy atom. The number of halogens is 2. The van der Waals surface area contributed by atoms with Crippen LogP contribution in [0.5, 0.6) is 0 Å². The fraction of sp³-hybridized carbons (Fsp3) is 0.800. The molecule has 8 nitrogen and oxygen atoms in total. The smallest absolute Gasteiger partial charge is 0.354 e. The number of rotatable bonds is 11. The second kappa shape index (κ2) is 9.53. The number of nitrogens with zero attached hydrogens (tertiary/aromatic N) is 3. The summed E-state index contributed by atoms with van der Waals surface area (Å²) in [7, 11) is -3.11. The van der Waals surface area contributed by atoms with Gasteiger partial charge in [-0.05, 0) is 40.5 Å². The van der Waals surface area contributed by atoms with Crippen molar-refractivity contribution in [2.45, 2.75) is 71.4 Å². The van der Waals surface area contributed by atoms with Crippen molar-refractivity contribution >= 4 is 13.5 Å². The van der Waals surface area contributed by atoms with Crippen molar-refractivity contribution in [3.8, 4) is 0 Å². The molecule has 0 saturated heterocycles. The molecule has 1 heterocycles. The number of amides is 1.